The van der Waals surface area contributed by atoms with Crippen LogP contribution in [0.1, 0.15) is 12.5 Å². The Labute approximate surface area is 92.0 Å². The van der Waals surface area contributed by atoms with E-state index in [0.29, 0.717) is 6.42 Å². The zero-order valence-electron chi connectivity index (χ0n) is 8.71. The lowest BCUT2D eigenvalue weighted by Gasteiger charge is -2.10. The number of hydrogen-bond donors (Lipinski definition) is 2. The molecule has 0 saturated carbocycles. The van der Waals surface area contributed by atoms with Crippen LogP contribution in [0.5, 0.6) is 0 Å². The summed E-state index contributed by atoms with van der Waals surface area (Å²) in [5.41, 5.74) is 0.746. The molecule has 0 radical (unpaired) electrons. The number of hydrogen-bond acceptors (Lipinski definition) is 3. The second-order valence-corrected chi connectivity index (χ2v) is 3.48. The van der Waals surface area contributed by atoms with Gasteiger partial charge >= 0.3 is 6.09 Å². The normalized spacial score (nSPS) is 11.8. The van der Waals surface area contributed by atoms with Crippen molar-refractivity contribution < 1.29 is 14.8 Å². The van der Waals surface area contributed by atoms with Crippen LogP contribution >= 0.6 is 0 Å². The fraction of sp³-hybridized carbons (Fsp3) is 0.300. The van der Waals surface area contributed by atoms with E-state index < -0.39 is 11.0 Å². The molecule has 0 saturated heterocycles. The second-order valence-electron chi connectivity index (χ2n) is 3.48. The Hall–Kier alpha value is -2.11. The lowest BCUT2D eigenvalue weighted by Crippen LogP contribution is -2.32. The highest BCUT2D eigenvalue weighted by atomic mass is 16.6. The maximum Gasteiger partial charge on any atom is 0.404 e. The topological polar surface area (TPSA) is 92.5 Å². The molecule has 16 heavy (non-hydrogen) atoms. The van der Waals surface area contributed by atoms with Gasteiger partial charge in [0, 0.05) is 18.2 Å². The van der Waals surface area contributed by atoms with Crippen molar-refractivity contribution in [1.29, 1.82) is 0 Å². The molecule has 0 heterocycles. The van der Waals surface area contributed by atoms with E-state index in [1.54, 1.807) is 19.1 Å². The highest BCUT2D eigenvalue weighted by Crippen LogP contribution is 2.14. The van der Waals surface area contributed by atoms with Gasteiger partial charge in [0.1, 0.15) is 0 Å². The van der Waals surface area contributed by atoms with Gasteiger partial charge in [-0.25, -0.2) is 4.79 Å². The van der Waals surface area contributed by atoms with E-state index >= 15 is 0 Å². The summed E-state index contributed by atoms with van der Waals surface area (Å²) in [5, 5.41) is 21.3. The predicted molar refractivity (Wildman–Crippen MR) is 57.4 cm³/mol. The number of nitro benzene ring substituents is 1. The molecule has 1 aromatic carbocycles. The minimum Gasteiger partial charge on any atom is -0.465 e. The van der Waals surface area contributed by atoms with Crippen molar-refractivity contribution in [2.24, 2.45) is 0 Å². The zero-order chi connectivity index (χ0) is 12.1. The number of carbonyl (C=O) groups is 1. The summed E-state index contributed by atoms with van der Waals surface area (Å²) in [5.74, 6) is 0. The van der Waals surface area contributed by atoms with Crippen LogP contribution in [0.4, 0.5) is 10.5 Å². The fourth-order valence-electron chi connectivity index (χ4n) is 1.41. The summed E-state index contributed by atoms with van der Waals surface area (Å²) in [6.45, 7) is 1.70. The van der Waals surface area contributed by atoms with Crippen molar-refractivity contribution >= 4 is 11.8 Å². The Morgan fingerprint density at radius 3 is 2.88 bits per heavy atom. The van der Waals surface area contributed by atoms with Gasteiger partial charge in [-0.2, -0.15) is 0 Å². The molecule has 1 rings (SSSR count). The Balaban J connectivity index is 2.70. The van der Waals surface area contributed by atoms with Crippen molar-refractivity contribution in [3.63, 3.8) is 0 Å². The molecule has 0 bridgehead atoms. The Morgan fingerprint density at radius 2 is 2.31 bits per heavy atom. The molecule has 6 heteroatoms. The highest BCUT2D eigenvalue weighted by Gasteiger charge is 2.09. The molecule has 0 fully saturated rings. The van der Waals surface area contributed by atoms with Gasteiger partial charge in [0.05, 0.1) is 4.92 Å². The van der Waals surface area contributed by atoms with E-state index in [1.165, 1.54) is 12.1 Å². The fourth-order valence-corrected chi connectivity index (χ4v) is 1.41. The average molecular weight is 224 g/mol. The van der Waals surface area contributed by atoms with Gasteiger partial charge in [0.15, 0.2) is 0 Å². The molecule has 1 unspecified atom stereocenters. The Morgan fingerprint density at radius 1 is 1.62 bits per heavy atom. The number of non-ortho nitro benzene ring substituents is 1. The summed E-state index contributed by atoms with van der Waals surface area (Å²) in [4.78, 5) is 20.4. The van der Waals surface area contributed by atoms with E-state index in [2.05, 4.69) is 5.32 Å². The Bertz CT molecular complexity index is 406. The molecular weight excluding hydrogens is 212 g/mol. The number of benzene rings is 1. The van der Waals surface area contributed by atoms with Crippen molar-refractivity contribution in [2.75, 3.05) is 0 Å². The minimum atomic E-state index is -1.10. The molecule has 0 aliphatic carbocycles. The quantitative estimate of drug-likeness (QED) is 0.602. The predicted octanol–water partition coefficient (Wildman–Crippen LogP) is 1.79. The van der Waals surface area contributed by atoms with Gasteiger partial charge in [-0.15, -0.1) is 0 Å². The molecule has 1 aromatic rings. The van der Waals surface area contributed by atoms with Crippen LogP contribution in [0, 0.1) is 10.1 Å². The Kier molecular flexibility index (Phi) is 3.82. The van der Waals surface area contributed by atoms with Crippen LogP contribution in [0.25, 0.3) is 0 Å². The van der Waals surface area contributed by atoms with Crippen molar-refractivity contribution in [3.05, 3.63) is 39.9 Å². The van der Waals surface area contributed by atoms with Crippen LogP contribution in [-0.2, 0) is 6.42 Å². The van der Waals surface area contributed by atoms with E-state index in [-0.39, 0.29) is 11.7 Å². The standard InChI is InChI=1S/C10H12N2O4/c1-7(11-10(13)14)5-8-3-2-4-9(6-8)12(15)16/h2-4,6-7,11H,5H2,1H3,(H,13,14). The third kappa shape index (κ3) is 3.56. The van der Waals surface area contributed by atoms with Gasteiger partial charge in [0.2, 0.25) is 0 Å². The van der Waals surface area contributed by atoms with Crippen LogP contribution < -0.4 is 5.32 Å². The molecule has 1 amide bonds. The lowest BCUT2D eigenvalue weighted by atomic mass is 10.1. The van der Waals surface area contributed by atoms with Gasteiger partial charge in [0.25, 0.3) is 5.69 Å². The number of nitro groups is 1. The highest BCUT2D eigenvalue weighted by molar-refractivity contribution is 5.64. The first kappa shape index (κ1) is 12.0. The number of rotatable bonds is 4. The number of nitrogens with one attached hydrogen (secondary N) is 1. The zero-order valence-corrected chi connectivity index (χ0v) is 8.71. The van der Waals surface area contributed by atoms with Crippen LogP contribution in [0.2, 0.25) is 0 Å². The number of amides is 1. The summed E-state index contributed by atoms with van der Waals surface area (Å²) < 4.78 is 0. The summed E-state index contributed by atoms with van der Waals surface area (Å²) in [6.07, 6.45) is -0.675. The molecule has 0 aliphatic heterocycles. The summed E-state index contributed by atoms with van der Waals surface area (Å²) in [7, 11) is 0. The first-order chi connectivity index (χ1) is 7.49. The first-order valence-corrected chi connectivity index (χ1v) is 4.72. The van der Waals surface area contributed by atoms with Crippen LogP contribution in [0.3, 0.4) is 0 Å². The van der Waals surface area contributed by atoms with Gasteiger partial charge in [-0.1, -0.05) is 12.1 Å². The van der Waals surface area contributed by atoms with Gasteiger partial charge in [-0.3, -0.25) is 10.1 Å². The van der Waals surface area contributed by atoms with E-state index in [4.69, 9.17) is 5.11 Å². The average Bonchev–Trinajstić information content (AvgIpc) is 2.16. The third-order valence-electron chi connectivity index (χ3n) is 2.03. The molecule has 86 valence electrons. The van der Waals surface area contributed by atoms with E-state index in [0.717, 1.165) is 5.56 Å². The van der Waals surface area contributed by atoms with Crippen LogP contribution in [0.15, 0.2) is 24.3 Å². The molecule has 6 nitrogen and oxygen atoms in total. The van der Waals surface area contributed by atoms with E-state index in [9.17, 15) is 14.9 Å². The van der Waals surface area contributed by atoms with Crippen molar-refractivity contribution in [3.8, 4) is 0 Å². The maximum atomic E-state index is 10.5. The van der Waals surface area contributed by atoms with Gasteiger partial charge < -0.3 is 10.4 Å². The largest absolute Gasteiger partial charge is 0.465 e. The first-order valence-electron chi connectivity index (χ1n) is 4.72. The molecule has 0 aromatic heterocycles. The second kappa shape index (κ2) is 5.11. The smallest absolute Gasteiger partial charge is 0.404 e. The van der Waals surface area contributed by atoms with Crippen LogP contribution in [-0.4, -0.2) is 22.2 Å². The summed E-state index contributed by atoms with van der Waals surface area (Å²) in [6, 6.07) is 5.88. The number of nitrogens with zero attached hydrogens (tertiary/aromatic N) is 1. The minimum absolute atomic E-state index is 0.0139. The molecule has 1 atom stereocenters. The third-order valence-corrected chi connectivity index (χ3v) is 2.03. The molecule has 2 N–H and O–H groups in total. The summed E-state index contributed by atoms with van der Waals surface area (Å²) >= 11 is 0. The monoisotopic (exact) mass is 224 g/mol. The lowest BCUT2D eigenvalue weighted by molar-refractivity contribution is -0.384. The van der Waals surface area contributed by atoms with Crippen molar-refractivity contribution in [2.45, 2.75) is 19.4 Å². The molecule has 0 aliphatic rings. The maximum absolute atomic E-state index is 10.5. The van der Waals surface area contributed by atoms with Crippen molar-refractivity contribution in [1.82, 2.24) is 5.32 Å². The van der Waals surface area contributed by atoms with E-state index in [1.807, 2.05) is 0 Å². The molecule has 0 spiro atoms. The SMILES string of the molecule is CC(Cc1cccc([N+](=O)[O-])c1)NC(=O)O. The van der Waals surface area contributed by atoms with Gasteiger partial charge in [-0.05, 0) is 18.9 Å². The molecular formula is C10H12N2O4. The number of carboxylic acid groups (broad SMARTS) is 1.